The summed E-state index contributed by atoms with van der Waals surface area (Å²) in [6.45, 7) is 5.38. The fourth-order valence-corrected chi connectivity index (χ4v) is 2.41. The maximum absolute atomic E-state index is 6.17. The van der Waals surface area contributed by atoms with Gasteiger partial charge in [0.2, 0.25) is 0 Å². The first-order chi connectivity index (χ1) is 7.75. The third-order valence-electron chi connectivity index (χ3n) is 3.16. The Kier molecular flexibility index (Phi) is 4.08. The molecule has 1 aromatic rings. The van der Waals surface area contributed by atoms with Crippen LogP contribution >= 0.6 is 11.6 Å². The van der Waals surface area contributed by atoms with E-state index in [0.29, 0.717) is 0 Å². The van der Waals surface area contributed by atoms with E-state index in [1.165, 1.54) is 18.4 Å². The molecule has 0 spiro atoms. The van der Waals surface area contributed by atoms with Crippen LogP contribution in [0.1, 0.15) is 18.4 Å². The molecule has 1 saturated heterocycles. The highest BCUT2D eigenvalue weighted by molar-refractivity contribution is 6.33. The van der Waals surface area contributed by atoms with Gasteiger partial charge in [-0.15, -0.1) is 0 Å². The van der Waals surface area contributed by atoms with E-state index < -0.39 is 0 Å². The van der Waals surface area contributed by atoms with Crippen LogP contribution in [-0.2, 0) is 0 Å². The zero-order valence-corrected chi connectivity index (χ0v) is 10.5. The number of hydrogen-bond donors (Lipinski definition) is 2. The van der Waals surface area contributed by atoms with Gasteiger partial charge in [-0.2, -0.15) is 0 Å². The van der Waals surface area contributed by atoms with E-state index in [0.717, 1.165) is 36.3 Å². The van der Waals surface area contributed by atoms with Crippen molar-refractivity contribution in [1.82, 2.24) is 5.32 Å². The molecule has 0 saturated carbocycles. The minimum Gasteiger partial charge on any atom is -0.384 e. The predicted octanol–water partition coefficient (Wildman–Crippen LogP) is 3.06. The second-order valence-electron chi connectivity index (χ2n) is 4.56. The van der Waals surface area contributed by atoms with Gasteiger partial charge in [0.1, 0.15) is 0 Å². The highest BCUT2D eigenvalue weighted by Gasteiger charge is 2.12. The summed E-state index contributed by atoms with van der Waals surface area (Å²) < 4.78 is 0. The Labute approximate surface area is 102 Å². The summed E-state index contributed by atoms with van der Waals surface area (Å²) in [4.78, 5) is 0. The molecule has 0 radical (unpaired) electrons. The molecular formula is C13H19ClN2. The van der Waals surface area contributed by atoms with Crippen LogP contribution in [0.25, 0.3) is 0 Å². The lowest BCUT2D eigenvalue weighted by Crippen LogP contribution is -2.31. The maximum atomic E-state index is 6.17. The van der Waals surface area contributed by atoms with Gasteiger partial charge < -0.3 is 10.6 Å². The van der Waals surface area contributed by atoms with Crippen molar-refractivity contribution in [2.75, 3.05) is 25.0 Å². The van der Waals surface area contributed by atoms with Gasteiger partial charge in [0.05, 0.1) is 10.7 Å². The molecule has 16 heavy (non-hydrogen) atoms. The number of benzene rings is 1. The van der Waals surface area contributed by atoms with E-state index in [-0.39, 0.29) is 0 Å². The number of nitrogens with one attached hydrogen (secondary N) is 2. The molecule has 1 heterocycles. The summed E-state index contributed by atoms with van der Waals surface area (Å²) in [5.41, 5.74) is 2.27. The molecule has 1 aliphatic rings. The minimum absolute atomic E-state index is 0.776. The smallest absolute Gasteiger partial charge is 0.0640 e. The molecule has 0 aliphatic carbocycles. The van der Waals surface area contributed by atoms with Crippen LogP contribution in [0.4, 0.5) is 5.69 Å². The van der Waals surface area contributed by atoms with Crippen molar-refractivity contribution in [2.24, 2.45) is 5.92 Å². The van der Waals surface area contributed by atoms with Gasteiger partial charge in [0, 0.05) is 6.54 Å². The molecule has 0 amide bonds. The van der Waals surface area contributed by atoms with E-state index in [9.17, 15) is 0 Å². The number of halogens is 1. The van der Waals surface area contributed by atoms with Crippen molar-refractivity contribution in [1.29, 1.82) is 0 Å². The van der Waals surface area contributed by atoms with Crippen molar-refractivity contribution >= 4 is 17.3 Å². The predicted molar refractivity (Wildman–Crippen MR) is 70.3 cm³/mol. The van der Waals surface area contributed by atoms with Crippen molar-refractivity contribution in [3.05, 3.63) is 28.8 Å². The highest BCUT2D eigenvalue weighted by atomic mass is 35.5. The molecular weight excluding hydrogens is 220 g/mol. The lowest BCUT2D eigenvalue weighted by atomic mass is 9.98. The fourth-order valence-electron chi connectivity index (χ4n) is 2.10. The molecule has 88 valence electrons. The van der Waals surface area contributed by atoms with Crippen LogP contribution in [0.3, 0.4) is 0 Å². The van der Waals surface area contributed by atoms with E-state index in [4.69, 9.17) is 11.6 Å². The summed E-state index contributed by atoms with van der Waals surface area (Å²) in [5, 5.41) is 7.66. The quantitative estimate of drug-likeness (QED) is 0.846. The zero-order valence-electron chi connectivity index (χ0n) is 9.72. The lowest BCUT2D eigenvalue weighted by Gasteiger charge is -2.23. The average molecular weight is 239 g/mol. The lowest BCUT2D eigenvalue weighted by molar-refractivity contribution is 0.390. The Morgan fingerprint density at radius 1 is 1.38 bits per heavy atom. The summed E-state index contributed by atoms with van der Waals surface area (Å²) in [5.74, 6) is 0.776. The first-order valence-corrected chi connectivity index (χ1v) is 6.34. The Balaban J connectivity index is 1.88. The van der Waals surface area contributed by atoms with Crippen LogP contribution in [-0.4, -0.2) is 19.6 Å². The minimum atomic E-state index is 0.776. The first kappa shape index (κ1) is 11.7. The van der Waals surface area contributed by atoms with Crippen molar-refractivity contribution in [3.8, 4) is 0 Å². The fraction of sp³-hybridized carbons (Fsp3) is 0.538. The van der Waals surface area contributed by atoms with Crippen LogP contribution in [0, 0.1) is 12.8 Å². The topological polar surface area (TPSA) is 24.1 Å². The van der Waals surface area contributed by atoms with Gasteiger partial charge in [-0.25, -0.2) is 0 Å². The van der Waals surface area contributed by atoms with Crippen LogP contribution in [0.2, 0.25) is 5.02 Å². The van der Waals surface area contributed by atoms with E-state index in [2.05, 4.69) is 29.7 Å². The van der Waals surface area contributed by atoms with E-state index >= 15 is 0 Å². The molecule has 1 fully saturated rings. The van der Waals surface area contributed by atoms with Gasteiger partial charge >= 0.3 is 0 Å². The largest absolute Gasteiger partial charge is 0.384 e. The Morgan fingerprint density at radius 2 is 2.12 bits per heavy atom. The van der Waals surface area contributed by atoms with Gasteiger partial charge in [-0.3, -0.25) is 0 Å². The zero-order chi connectivity index (χ0) is 11.4. The molecule has 2 nitrogen and oxygen atoms in total. The monoisotopic (exact) mass is 238 g/mol. The van der Waals surface area contributed by atoms with Gasteiger partial charge in [0.15, 0.2) is 0 Å². The molecule has 0 unspecified atom stereocenters. The second kappa shape index (κ2) is 5.55. The van der Waals surface area contributed by atoms with Crippen molar-refractivity contribution < 1.29 is 0 Å². The molecule has 1 aliphatic heterocycles. The van der Waals surface area contributed by atoms with Crippen molar-refractivity contribution in [3.63, 3.8) is 0 Å². The summed E-state index contributed by atoms with van der Waals surface area (Å²) in [6, 6.07) is 6.17. The number of hydrogen-bond acceptors (Lipinski definition) is 2. The molecule has 0 atom stereocenters. The Morgan fingerprint density at radius 3 is 2.81 bits per heavy atom. The molecule has 2 N–H and O–H groups in total. The third kappa shape index (κ3) is 3.13. The maximum Gasteiger partial charge on any atom is 0.0640 e. The summed E-state index contributed by atoms with van der Waals surface area (Å²) in [7, 11) is 0. The Bertz CT molecular complexity index is 346. The summed E-state index contributed by atoms with van der Waals surface area (Å²) >= 11 is 6.17. The van der Waals surface area contributed by atoms with Crippen molar-refractivity contribution in [2.45, 2.75) is 19.8 Å². The molecule has 0 bridgehead atoms. The van der Waals surface area contributed by atoms with Crippen LogP contribution < -0.4 is 10.6 Å². The van der Waals surface area contributed by atoms with E-state index in [1.807, 2.05) is 6.07 Å². The second-order valence-corrected chi connectivity index (χ2v) is 4.96. The molecule has 0 aromatic heterocycles. The third-order valence-corrected chi connectivity index (χ3v) is 3.48. The molecule has 2 rings (SSSR count). The first-order valence-electron chi connectivity index (χ1n) is 5.96. The standard InChI is InChI=1S/C13H19ClN2/c1-10-2-3-13(12(14)8-10)16-9-11-4-6-15-7-5-11/h2-3,8,11,15-16H,4-7,9H2,1H3. The SMILES string of the molecule is Cc1ccc(NCC2CCNCC2)c(Cl)c1. The number of rotatable bonds is 3. The number of anilines is 1. The number of piperidine rings is 1. The van der Waals surface area contributed by atoms with E-state index in [1.54, 1.807) is 0 Å². The Hall–Kier alpha value is -0.730. The normalized spacial score (nSPS) is 17.4. The number of aryl methyl sites for hydroxylation is 1. The van der Waals surface area contributed by atoms with Crippen LogP contribution in [0.5, 0.6) is 0 Å². The average Bonchev–Trinajstić information content (AvgIpc) is 2.29. The highest BCUT2D eigenvalue weighted by Crippen LogP contribution is 2.23. The summed E-state index contributed by atoms with van der Waals surface area (Å²) in [6.07, 6.45) is 2.52. The van der Waals surface area contributed by atoms with Gasteiger partial charge in [0.25, 0.3) is 0 Å². The molecule has 1 aromatic carbocycles. The van der Waals surface area contributed by atoms with Crippen LogP contribution in [0.15, 0.2) is 18.2 Å². The van der Waals surface area contributed by atoms with Gasteiger partial charge in [-0.1, -0.05) is 17.7 Å². The van der Waals surface area contributed by atoms with Gasteiger partial charge in [-0.05, 0) is 56.5 Å². The molecule has 3 heteroatoms.